The van der Waals surface area contributed by atoms with Gasteiger partial charge in [-0.2, -0.15) is 0 Å². The monoisotopic (exact) mass is 389 g/mol. The highest BCUT2D eigenvalue weighted by molar-refractivity contribution is 6.01. The Morgan fingerprint density at radius 3 is 2.48 bits per heavy atom. The van der Waals surface area contributed by atoms with E-state index >= 15 is 0 Å². The Balaban J connectivity index is 1.54. The lowest BCUT2D eigenvalue weighted by Gasteiger charge is -2.11. The third kappa shape index (κ3) is 5.72. The highest BCUT2D eigenvalue weighted by atomic mass is 16.5. The van der Waals surface area contributed by atoms with Crippen LogP contribution in [-0.2, 0) is 22.5 Å². The van der Waals surface area contributed by atoms with Crippen LogP contribution >= 0.6 is 0 Å². The van der Waals surface area contributed by atoms with Crippen molar-refractivity contribution in [2.24, 2.45) is 0 Å². The van der Waals surface area contributed by atoms with Gasteiger partial charge >= 0.3 is 5.97 Å². The number of hydrogen-bond acceptors (Lipinski definition) is 5. The quantitative estimate of drug-likeness (QED) is 0.333. The molecule has 0 spiro atoms. The summed E-state index contributed by atoms with van der Waals surface area (Å²) in [6, 6.07) is 17.2. The Morgan fingerprint density at radius 1 is 1.07 bits per heavy atom. The van der Waals surface area contributed by atoms with Crippen LogP contribution in [0.1, 0.15) is 41.0 Å². The summed E-state index contributed by atoms with van der Waals surface area (Å²) in [7, 11) is 0. The van der Waals surface area contributed by atoms with E-state index in [0.29, 0.717) is 17.8 Å². The van der Waals surface area contributed by atoms with Crippen LogP contribution in [0.25, 0.3) is 6.08 Å². The van der Waals surface area contributed by atoms with Crippen molar-refractivity contribution in [3.8, 4) is 0 Å². The minimum Gasteiger partial charge on any atom is -0.451 e. The molecule has 0 aliphatic carbocycles. The number of ketones is 1. The minimum atomic E-state index is -0.867. The summed E-state index contributed by atoms with van der Waals surface area (Å²) in [5.41, 5.74) is 3.31. The van der Waals surface area contributed by atoms with Gasteiger partial charge in [0.25, 0.3) is 0 Å². The topological polar surface area (TPSA) is 74.1 Å². The fraction of sp³-hybridized carbons (Fsp3) is 0.217. The van der Waals surface area contributed by atoms with Crippen LogP contribution in [0, 0.1) is 0 Å². The number of benzene rings is 2. The number of carbonyl (C=O) groups is 2. The van der Waals surface area contributed by atoms with Gasteiger partial charge in [-0.3, -0.25) is 4.79 Å². The van der Waals surface area contributed by atoms with Crippen molar-refractivity contribution < 1.29 is 14.3 Å². The summed E-state index contributed by atoms with van der Waals surface area (Å²) >= 11 is 0. The van der Waals surface area contributed by atoms with Crippen molar-refractivity contribution in [3.05, 3.63) is 89.3 Å². The molecule has 6 heteroatoms. The molecule has 0 saturated heterocycles. The standard InChI is InChI=1S/C23H23N3O3/c1-3-18-9-11-20(12-10-18)23(28)17(2)29-22(27)14-13-21-16-26(25-24-21)15-19-7-5-4-6-8-19/h4-14,16-17H,3,15H2,1-2H3/b14-13+/t17-/m0/s1. The Bertz CT molecular complexity index is 992. The summed E-state index contributed by atoms with van der Waals surface area (Å²) in [5, 5.41) is 8.06. The van der Waals surface area contributed by atoms with Gasteiger partial charge in [-0.15, -0.1) is 5.10 Å². The zero-order valence-corrected chi connectivity index (χ0v) is 16.5. The molecule has 1 aromatic heterocycles. The van der Waals surface area contributed by atoms with Crippen LogP contribution < -0.4 is 0 Å². The molecule has 1 atom stereocenters. The first-order valence-electron chi connectivity index (χ1n) is 9.51. The first-order valence-corrected chi connectivity index (χ1v) is 9.51. The van der Waals surface area contributed by atoms with Crippen molar-refractivity contribution in [1.82, 2.24) is 15.0 Å². The molecule has 148 valence electrons. The predicted octanol–water partition coefficient (Wildman–Crippen LogP) is 3.72. The average Bonchev–Trinajstić information content (AvgIpc) is 3.19. The SMILES string of the molecule is CCc1ccc(C(=O)[C@H](C)OC(=O)/C=C/c2cn(Cc3ccccc3)nn2)cc1. The lowest BCUT2D eigenvalue weighted by Crippen LogP contribution is -2.23. The number of rotatable bonds is 8. The molecule has 0 aliphatic heterocycles. The van der Waals surface area contributed by atoms with Gasteiger partial charge in [0.1, 0.15) is 5.69 Å². The largest absolute Gasteiger partial charge is 0.451 e. The van der Waals surface area contributed by atoms with Gasteiger partial charge in [-0.1, -0.05) is 66.7 Å². The van der Waals surface area contributed by atoms with Crippen molar-refractivity contribution in [1.29, 1.82) is 0 Å². The summed E-state index contributed by atoms with van der Waals surface area (Å²) < 4.78 is 6.90. The zero-order valence-electron chi connectivity index (χ0n) is 16.5. The molecular formula is C23H23N3O3. The van der Waals surface area contributed by atoms with Crippen molar-refractivity contribution >= 4 is 17.8 Å². The van der Waals surface area contributed by atoms with Gasteiger partial charge < -0.3 is 4.74 Å². The maximum Gasteiger partial charge on any atom is 0.331 e. The molecule has 6 nitrogen and oxygen atoms in total. The van der Waals surface area contributed by atoms with Gasteiger partial charge in [0.15, 0.2) is 6.10 Å². The number of aromatic nitrogens is 3. The molecule has 0 radical (unpaired) electrons. The summed E-state index contributed by atoms with van der Waals surface area (Å²) in [6.45, 7) is 4.21. The van der Waals surface area contributed by atoms with Gasteiger partial charge in [-0.05, 0) is 30.5 Å². The van der Waals surface area contributed by atoms with E-state index in [1.54, 1.807) is 29.9 Å². The second-order valence-electron chi connectivity index (χ2n) is 6.65. The Kier molecular flexibility index (Phi) is 6.68. The van der Waals surface area contributed by atoms with Crippen LogP contribution in [0.5, 0.6) is 0 Å². The number of hydrogen-bond donors (Lipinski definition) is 0. The normalized spacial score (nSPS) is 12.1. The van der Waals surface area contributed by atoms with Crippen molar-refractivity contribution in [2.75, 3.05) is 0 Å². The molecule has 29 heavy (non-hydrogen) atoms. The molecule has 3 rings (SSSR count). The molecule has 0 unspecified atom stereocenters. The summed E-state index contributed by atoms with van der Waals surface area (Å²) in [4.78, 5) is 24.4. The number of Topliss-reactive ketones (excluding diaryl/α,β-unsaturated/α-hetero) is 1. The Labute approximate surface area is 169 Å². The van der Waals surface area contributed by atoms with Crippen LogP contribution in [0.15, 0.2) is 66.9 Å². The molecule has 0 saturated carbocycles. The number of aryl methyl sites for hydroxylation is 1. The third-order valence-electron chi connectivity index (χ3n) is 4.44. The Morgan fingerprint density at radius 2 is 1.79 bits per heavy atom. The molecule has 0 bridgehead atoms. The lowest BCUT2D eigenvalue weighted by molar-refractivity contribution is -0.140. The molecule has 1 heterocycles. The third-order valence-corrected chi connectivity index (χ3v) is 4.44. The predicted molar refractivity (Wildman–Crippen MR) is 110 cm³/mol. The van der Waals surface area contributed by atoms with Gasteiger partial charge in [0, 0.05) is 11.6 Å². The van der Waals surface area contributed by atoms with Crippen molar-refractivity contribution in [3.63, 3.8) is 0 Å². The molecule has 0 fully saturated rings. The van der Waals surface area contributed by atoms with E-state index in [1.807, 2.05) is 49.4 Å². The number of ether oxygens (including phenoxy) is 1. The maximum absolute atomic E-state index is 12.4. The van der Waals surface area contributed by atoms with Gasteiger partial charge in [0.05, 0.1) is 12.7 Å². The second kappa shape index (κ2) is 9.59. The summed E-state index contributed by atoms with van der Waals surface area (Å²) in [5.74, 6) is -0.836. The summed E-state index contributed by atoms with van der Waals surface area (Å²) in [6.07, 6.45) is 4.54. The van der Waals surface area contributed by atoms with E-state index in [9.17, 15) is 9.59 Å². The average molecular weight is 389 g/mol. The fourth-order valence-corrected chi connectivity index (χ4v) is 2.80. The van der Waals surface area contributed by atoms with Crippen LogP contribution in [0.4, 0.5) is 0 Å². The van der Waals surface area contributed by atoms with E-state index < -0.39 is 12.1 Å². The van der Waals surface area contributed by atoms with E-state index in [-0.39, 0.29) is 5.78 Å². The van der Waals surface area contributed by atoms with Crippen LogP contribution in [0.3, 0.4) is 0 Å². The first-order chi connectivity index (χ1) is 14.0. The van der Waals surface area contributed by atoms with E-state index in [1.165, 1.54) is 12.2 Å². The molecule has 0 amide bonds. The lowest BCUT2D eigenvalue weighted by atomic mass is 10.0. The Hall–Kier alpha value is -3.54. The number of carbonyl (C=O) groups excluding carboxylic acids is 2. The molecule has 0 N–H and O–H groups in total. The number of esters is 1. The van der Waals surface area contributed by atoms with Gasteiger partial charge in [0.2, 0.25) is 5.78 Å². The highest BCUT2D eigenvalue weighted by Crippen LogP contribution is 2.10. The first kappa shape index (κ1) is 20.2. The van der Waals surface area contributed by atoms with Gasteiger partial charge in [-0.25, -0.2) is 9.48 Å². The van der Waals surface area contributed by atoms with E-state index in [0.717, 1.165) is 17.5 Å². The molecule has 3 aromatic rings. The molecule has 2 aromatic carbocycles. The number of nitrogens with zero attached hydrogens (tertiary/aromatic N) is 3. The highest BCUT2D eigenvalue weighted by Gasteiger charge is 2.18. The van der Waals surface area contributed by atoms with E-state index in [4.69, 9.17) is 4.74 Å². The maximum atomic E-state index is 12.4. The van der Waals surface area contributed by atoms with Crippen molar-refractivity contribution in [2.45, 2.75) is 32.9 Å². The molecular weight excluding hydrogens is 366 g/mol. The van der Waals surface area contributed by atoms with Crippen LogP contribution in [-0.4, -0.2) is 32.9 Å². The fourth-order valence-electron chi connectivity index (χ4n) is 2.80. The smallest absolute Gasteiger partial charge is 0.331 e. The van der Waals surface area contributed by atoms with E-state index in [2.05, 4.69) is 10.3 Å². The second-order valence-corrected chi connectivity index (χ2v) is 6.65. The zero-order chi connectivity index (χ0) is 20.6. The van der Waals surface area contributed by atoms with Crippen LogP contribution in [0.2, 0.25) is 0 Å². The minimum absolute atomic E-state index is 0.233. The molecule has 0 aliphatic rings.